The molecule has 1 aliphatic rings. The minimum atomic E-state index is -1.04. The number of aryl methyl sites for hydroxylation is 2. The van der Waals surface area contributed by atoms with Crippen LogP contribution in [0.4, 0.5) is 4.39 Å². The van der Waals surface area contributed by atoms with Gasteiger partial charge in [-0.2, -0.15) is 0 Å². The van der Waals surface area contributed by atoms with Crippen molar-refractivity contribution in [1.29, 1.82) is 0 Å². The van der Waals surface area contributed by atoms with Crippen molar-refractivity contribution in [2.24, 2.45) is 5.92 Å². The monoisotopic (exact) mass is 561 g/mol. The van der Waals surface area contributed by atoms with Crippen LogP contribution in [-0.4, -0.2) is 45.7 Å². The van der Waals surface area contributed by atoms with Crippen LogP contribution in [0.25, 0.3) is 11.1 Å². The summed E-state index contributed by atoms with van der Waals surface area (Å²) in [6, 6.07) is 15.2. The number of hydrogen-bond donors (Lipinski definition) is 2. The summed E-state index contributed by atoms with van der Waals surface area (Å²) in [5.74, 6) is -1.35. The number of carboxylic acid groups (broad SMARTS) is 1. The molecule has 1 amide bonds. The summed E-state index contributed by atoms with van der Waals surface area (Å²) in [5, 5.41) is 12.7. The lowest BCUT2D eigenvalue weighted by atomic mass is 9.92. The smallest absolute Gasteiger partial charge is 0.305 e. The van der Waals surface area contributed by atoms with E-state index in [-0.39, 0.29) is 17.9 Å². The summed E-state index contributed by atoms with van der Waals surface area (Å²) in [6.07, 6.45) is 1.43. The Hall–Kier alpha value is -3.78. The number of rotatable bonds is 11. The zero-order chi connectivity index (χ0) is 29.7. The number of carbonyl (C=O) groups is 2. The third-order valence-electron chi connectivity index (χ3n) is 7.71. The number of aromatic nitrogens is 1. The van der Waals surface area contributed by atoms with Crippen LogP contribution in [-0.2, 0) is 16.1 Å². The van der Waals surface area contributed by atoms with Crippen molar-refractivity contribution in [3.63, 3.8) is 0 Å². The molecule has 2 aromatic carbocycles. The van der Waals surface area contributed by atoms with E-state index in [1.54, 1.807) is 12.3 Å². The van der Waals surface area contributed by atoms with E-state index in [1.165, 1.54) is 10.6 Å². The van der Waals surface area contributed by atoms with Crippen LogP contribution < -0.4 is 10.9 Å². The van der Waals surface area contributed by atoms with E-state index < -0.39 is 30.1 Å². The Bertz CT molecular complexity index is 1430. The molecule has 0 saturated carbocycles. The molecule has 3 aromatic rings. The third kappa shape index (κ3) is 7.70. The van der Waals surface area contributed by atoms with Gasteiger partial charge in [-0.1, -0.05) is 56.3 Å². The Morgan fingerprint density at radius 1 is 1.07 bits per heavy atom. The first-order valence-corrected chi connectivity index (χ1v) is 14.3. The highest BCUT2D eigenvalue weighted by molar-refractivity contribution is 5.82. The molecule has 1 aromatic heterocycles. The summed E-state index contributed by atoms with van der Waals surface area (Å²) in [7, 11) is 0. The lowest BCUT2D eigenvalue weighted by Crippen LogP contribution is -2.40. The maximum atomic E-state index is 13.8. The highest BCUT2D eigenvalue weighted by Gasteiger charge is 2.28. The highest BCUT2D eigenvalue weighted by atomic mass is 19.1. The molecule has 1 aliphatic heterocycles. The molecular formula is C33H40FN3O4. The van der Waals surface area contributed by atoms with Gasteiger partial charge in [0.05, 0.1) is 12.5 Å². The molecule has 3 atom stereocenters. The molecule has 1 fully saturated rings. The molecule has 0 spiro atoms. The fraction of sp³-hybridized carbons (Fsp3) is 0.424. The molecule has 0 bridgehead atoms. The second kappa shape index (κ2) is 13.3. The normalized spacial score (nSPS) is 17.0. The Morgan fingerprint density at radius 2 is 1.78 bits per heavy atom. The number of alkyl halides is 1. The van der Waals surface area contributed by atoms with Crippen LogP contribution in [0.2, 0.25) is 0 Å². The molecule has 0 aliphatic carbocycles. The van der Waals surface area contributed by atoms with Crippen LogP contribution in [0.5, 0.6) is 0 Å². The Morgan fingerprint density at radius 3 is 2.41 bits per heavy atom. The molecule has 4 rings (SSSR count). The van der Waals surface area contributed by atoms with Gasteiger partial charge >= 0.3 is 5.97 Å². The molecule has 2 heterocycles. The largest absolute Gasteiger partial charge is 0.481 e. The highest BCUT2D eigenvalue weighted by Crippen LogP contribution is 2.30. The molecule has 0 radical (unpaired) electrons. The van der Waals surface area contributed by atoms with Crippen molar-refractivity contribution in [2.45, 2.75) is 71.8 Å². The van der Waals surface area contributed by atoms with E-state index >= 15 is 0 Å². The summed E-state index contributed by atoms with van der Waals surface area (Å²) >= 11 is 0. The Kier molecular flexibility index (Phi) is 9.76. The first-order chi connectivity index (χ1) is 19.5. The SMILES string of the molecule is Cc1cccc(C)c1-c1cccc([C@H](CC(=O)O)NC(=O)[C@H](CC(C)C)n2cc(CN3CC[C@@H](F)C3)ccc2=O)c1. The van der Waals surface area contributed by atoms with Crippen LogP contribution in [0.1, 0.15) is 67.4 Å². The molecule has 8 heteroatoms. The Labute approximate surface area is 241 Å². The third-order valence-corrected chi connectivity index (χ3v) is 7.71. The van der Waals surface area contributed by atoms with Crippen molar-refractivity contribution in [3.05, 3.63) is 93.4 Å². The van der Waals surface area contributed by atoms with E-state index in [0.29, 0.717) is 38.0 Å². The standard InChI is InChI=1S/C33H40FN3O4/c1-21(2)15-29(37-19-24(11-12-30(37)38)18-36-14-13-27(34)20-36)33(41)35-28(17-31(39)40)25-9-6-10-26(16-25)32-22(3)7-5-8-23(32)4/h5-12,16,19,21,27-29H,13-15,17-18,20H2,1-4H3,(H,35,41)(H,39,40)/t27-,28+,29+/m1/s1. The maximum absolute atomic E-state index is 13.8. The number of aliphatic carboxylic acids is 1. The maximum Gasteiger partial charge on any atom is 0.305 e. The predicted molar refractivity (Wildman–Crippen MR) is 158 cm³/mol. The van der Waals surface area contributed by atoms with E-state index in [2.05, 4.69) is 5.32 Å². The van der Waals surface area contributed by atoms with Gasteiger partial charge in [-0.15, -0.1) is 0 Å². The van der Waals surface area contributed by atoms with Gasteiger partial charge in [-0.05, 0) is 72.1 Å². The van der Waals surface area contributed by atoms with Crippen LogP contribution in [0.15, 0.2) is 65.6 Å². The van der Waals surface area contributed by atoms with Crippen molar-refractivity contribution in [1.82, 2.24) is 14.8 Å². The number of benzene rings is 2. The van der Waals surface area contributed by atoms with E-state index in [1.807, 2.05) is 75.1 Å². The second-order valence-electron chi connectivity index (χ2n) is 11.6. The first-order valence-electron chi connectivity index (χ1n) is 14.3. The number of halogens is 1. The van der Waals surface area contributed by atoms with Crippen LogP contribution in [0.3, 0.4) is 0 Å². The van der Waals surface area contributed by atoms with Crippen molar-refractivity contribution < 1.29 is 19.1 Å². The minimum Gasteiger partial charge on any atom is -0.481 e. The number of pyridine rings is 1. The van der Waals surface area contributed by atoms with Gasteiger partial charge in [-0.3, -0.25) is 19.3 Å². The van der Waals surface area contributed by atoms with E-state index in [4.69, 9.17) is 0 Å². The fourth-order valence-electron chi connectivity index (χ4n) is 5.74. The van der Waals surface area contributed by atoms with Gasteiger partial charge in [0.2, 0.25) is 5.91 Å². The number of amides is 1. The minimum absolute atomic E-state index is 0.0949. The summed E-state index contributed by atoms with van der Waals surface area (Å²) < 4.78 is 15.2. The molecule has 0 unspecified atom stereocenters. The van der Waals surface area contributed by atoms with Crippen molar-refractivity contribution in [3.8, 4) is 11.1 Å². The summed E-state index contributed by atoms with van der Waals surface area (Å²) in [5.41, 5.74) is 5.42. The van der Waals surface area contributed by atoms with Gasteiger partial charge in [-0.25, -0.2) is 4.39 Å². The lowest BCUT2D eigenvalue weighted by Gasteiger charge is -2.26. The fourth-order valence-corrected chi connectivity index (χ4v) is 5.74. The molecule has 41 heavy (non-hydrogen) atoms. The number of carbonyl (C=O) groups excluding carboxylic acids is 1. The average Bonchev–Trinajstić information content (AvgIpc) is 3.32. The molecular weight excluding hydrogens is 521 g/mol. The molecule has 218 valence electrons. The number of carboxylic acids is 1. The molecule has 2 N–H and O–H groups in total. The first kappa shape index (κ1) is 30.2. The molecule has 7 nitrogen and oxygen atoms in total. The number of nitrogens with zero attached hydrogens (tertiary/aromatic N) is 2. The van der Waals surface area contributed by atoms with Gasteiger partial charge in [0.25, 0.3) is 5.56 Å². The zero-order valence-electron chi connectivity index (χ0n) is 24.3. The Balaban J connectivity index is 1.64. The van der Waals surface area contributed by atoms with Crippen LogP contribution >= 0.6 is 0 Å². The van der Waals surface area contributed by atoms with Gasteiger partial charge in [0, 0.05) is 31.9 Å². The van der Waals surface area contributed by atoms with Crippen molar-refractivity contribution >= 4 is 11.9 Å². The van der Waals surface area contributed by atoms with Crippen molar-refractivity contribution in [2.75, 3.05) is 13.1 Å². The second-order valence-corrected chi connectivity index (χ2v) is 11.6. The van der Waals surface area contributed by atoms with E-state index in [0.717, 1.165) is 27.8 Å². The van der Waals surface area contributed by atoms with Crippen LogP contribution in [0, 0.1) is 19.8 Å². The van der Waals surface area contributed by atoms with Gasteiger partial charge in [0.15, 0.2) is 0 Å². The average molecular weight is 562 g/mol. The topological polar surface area (TPSA) is 91.6 Å². The van der Waals surface area contributed by atoms with Gasteiger partial charge in [0.1, 0.15) is 12.2 Å². The van der Waals surface area contributed by atoms with Gasteiger partial charge < -0.3 is 15.0 Å². The number of nitrogens with one attached hydrogen (secondary N) is 1. The number of hydrogen-bond acceptors (Lipinski definition) is 4. The summed E-state index contributed by atoms with van der Waals surface area (Å²) in [6.45, 7) is 9.51. The predicted octanol–water partition coefficient (Wildman–Crippen LogP) is 5.60. The molecule has 1 saturated heterocycles. The number of likely N-dealkylation sites (tertiary alicyclic amines) is 1. The lowest BCUT2D eigenvalue weighted by molar-refractivity contribution is -0.138. The summed E-state index contributed by atoms with van der Waals surface area (Å²) in [4.78, 5) is 40.7. The van der Waals surface area contributed by atoms with E-state index in [9.17, 15) is 23.9 Å². The zero-order valence-corrected chi connectivity index (χ0v) is 24.3. The quantitative estimate of drug-likeness (QED) is 0.318.